The molecular formula is C13H16Br2N4. The van der Waals surface area contributed by atoms with E-state index in [0.717, 1.165) is 39.0 Å². The maximum Gasteiger partial charge on any atom is 0.0717 e. The lowest BCUT2D eigenvalue weighted by molar-refractivity contribution is 0.581. The van der Waals surface area contributed by atoms with E-state index in [4.69, 9.17) is 5.73 Å². The van der Waals surface area contributed by atoms with Crippen molar-refractivity contribution in [2.75, 3.05) is 0 Å². The fourth-order valence-corrected chi connectivity index (χ4v) is 3.34. The maximum atomic E-state index is 6.26. The summed E-state index contributed by atoms with van der Waals surface area (Å²) in [6.45, 7) is 4.93. The first-order chi connectivity index (χ1) is 9.01. The van der Waals surface area contributed by atoms with Gasteiger partial charge in [-0.2, -0.15) is 5.10 Å². The molecule has 0 aliphatic heterocycles. The minimum absolute atomic E-state index is 0.149. The third-order valence-corrected chi connectivity index (χ3v) is 3.97. The van der Waals surface area contributed by atoms with E-state index in [9.17, 15) is 0 Å². The van der Waals surface area contributed by atoms with Crippen LogP contribution in [0.1, 0.15) is 30.0 Å². The van der Waals surface area contributed by atoms with Gasteiger partial charge >= 0.3 is 0 Å². The van der Waals surface area contributed by atoms with Crippen LogP contribution in [0, 0.1) is 6.92 Å². The molecule has 2 heterocycles. The van der Waals surface area contributed by atoms with Crippen LogP contribution in [-0.2, 0) is 13.0 Å². The summed E-state index contributed by atoms with van der Waals surface area (Å²) < 4.78 is 3.85. The summed E-state index contributed by atoms with van der Waals surface area (Å²) in [5, 5.41) is 4.43. The Morgan fingerprint density at radius 2 is 2.11 bits per heavy atom. The monoisotopic (exact) mass is 386 g/mol. The summed E-state index contributed by atoms with van der Waals surface area (Å²) in [6, 6.07) is 3.89. The molecule has 1 atom stereocenters. The lowest BCUT2D eigenvalue weighted by atomic mass is 10.1. The van der Waals surface area contributed by atoms with Gasteiger partial charge in [0.2, 0.25) is 0 Å². The van der Waals surface area contributed by atoms with E-state index in [-0.39, 0.29) is 6.04 Å². The number of nitrogens with zero attached hydrogens (tertiary/aromatic N) is 3. The number of rotatable bonds is 4. The normalized spacial score (nSPS) is 12.7. The lowest BCUT2D eigenvalue weighted by Crippen LogP contribution is -2.18. The van der Waals surface area contributed by atoms with E-state index in [1.165, 1.54) is 0 Å². The molecule has 0 aliphatic rings. The van der Waals surface area contributed by atoms with Crippen LogP contribution in [-0.4, -0.2) is 14.8 Å². The van der Waals surface area contributed by atoms with Crippen LogP contribution in [0.15, 0.2) is 27.3 Å². The molecule has 19 heavy (non-hydrogen) atoms. The first-order valence-electron chi connectivity index (χ1n) is 6.11. The van der Waals surface area contributed by atoms with Crippen molar-refractivity contribution in [2.45, 2.75) is 32.9 Å². The largest absolute Gasteiger partial charge is 0.322 e. The van der Waals surface area contributed by atoms with Gasteiger partial charge in [0.25, 0.3) is 0 Å². The van der Waals surface area contributed by atoms with Gasteiger partial charge in [0.05, 0.1) is 17.4 Å². The Kier molecular flexibility index (Phi) is 4.76. The second-order valence-corrected chi connectivity index (χ2v) is 6.19. The fraction of sp³-hybridized carbons (Fsp3) is 0.385. The van der Waals surface area contributed by atoms with Gasteiger partial charge in [-0.3, -0.25) is 9.67 Å². The van der Waals surface area contributed by atoms with Crippen molar-refractivity contribution < 1.29 is 0 Å². The summed E-state index contributed by atoms with van der Waals surface area (Å²) >= 11 is 6.90. The lowest BCUT2D eigenvalue weighted by Gasteiger charge is -2.13. The number of hydrogen-bond donors (Lipinski definition) is 1. The molecule has 2 rings (SSSR count). The Balaban J connectivity index is 2.22. The molecule has 2 N–H and O–H groups in total. The zero-order chi connectivity index (χ0) is 14.0. The minimum Gasteiger partial charge on any atom is -0.322 e. The molecule has 4 nitrogen and oxygen atoms in total. The number of aromatic nitrogens is 3. The zero-order valence-electron chi connectivity index (χ0n) is 10.9. The third kappa shape index (κ3) is 3.43. The van der Waals surface area contributed by atoms with Gasteiger partial charge in [-0.15, -0.1) is 0 Å². The van der Waals surface area contributed by atoms with Crippen molar-refractivity contribution >= 4 is 31.9 Å². The molecule has 0 bridgehead atoms. The highest BCUT2D eigenvalue weighted by Crippen LogP contribution is 2.25. The van der Waals surface area contributed by atoms with Gasteiger partial charge < -0.3 is 5.73 Å². The Hall–Kier alpha value is -0.720. The highest BCUT2D eigenvalue weighted by atomic mass is 79.9. The van der Waals surface area contributed by atoms with Gasteiger partial charge in [0.15, 0.2) is 0 Å². The molecule has 0 aromatic carbocycles. The van der Waals surface area contributed by atoms with Crippen LogP contribution in [0.25, 0.3) is 0 Å². The molecule has 0 radical (unpaired) electrons. The topological polar surface area (TPSA) is 56.7 Å². The highest BCUT2D eigenvalue weighted by Gasteiger charge is 2.15. The zero-order valence-corrected chi connectivity index (χ0v) is 14.1. The van der Waals surface area contributed by atoms with Gasteiger partial charge in [0.1, 0.15) is 0 Å². The Morgan fingerprint density at radius 1 is 1.37 bits per heavy atom. The van der Waals surface area contributed by atoms with Crippen LogP contribution in [0.4, 0.5) is 0 Å². The van der Waals surface area contributed by atoms with E-state index in [2.05, 4.69) is 54.9 Å². The number of halogens is 2. The van der Waals surface area contributed by atoms with Gasteiger partial charge in [-0.1, -0.05) is 0 Å². The number of nitrogens with two attached hydrogens (primary N) is 1. The predicted molar refractivity (Wildman–Crippen MR) is 82.9 cm³/mol. The third-order valence-electron chi connectivity index (χ3n) is 2.90. The van der Waals surface area contributed by atoms with E-state index >= 15 is 0 Å². The maximum absolute atomic E-state index is 6.26. The standard InChI is InChI=1S/C13H16Br2N4/c1-3-19-10(4-8(2)18-19)6-12(16)13-11(15)5-9(14)7-17-13/h4-5,7,12H,3,6,16H2,1-2H3. The smallest absolute Gasteiger partial charge is 0.0717 e. The Bertz CT molecular complexity index is 580. The Labute approximate surface area is 129 Å². The quantitative estimate of drug-likeness (QED) is 0.874. The molecule has 0 aliphatic carbocycles. The van der Waals surface area contributed by atoms with Crippen LogP contribution in [0.2, 0.25) is 0 Å². The second kappa shape index (κ2) is 6.15. The molecule has 2 aromatic heterocycles. The molecular weight excluding hydrogens is 372 g/mol. The molecule has 0 spiro atoms. The van der Waals surface area contributed by atoms with Crippen molar-refractivity contribution in [1.29, 1.82) is 0 Å². The van der Waals surface area contributed by atoms with Crippen molar-refractivity contribution in [3.05, 3.63) is 44.4 Å². The second-order valence-electron chi connectivity index (χ2n) is 4.42. The SMILES string of the molecule is CCn1nc(C)cc1CC(N)c1ncc(Br)cc1Br. The predicted octanol–water partition coefficient (Wildman–Crippen LogP) is 3.37. The first-order valence-corrected chi connectivity index (χ1v) is 7.69. The van der Waals surface area contributed by atoms with Crippen LogP contribution in [0.3, 0.4) is 0 Å². The van der Waals surface area contributed by atoms with Crippen molar-refractivity contribution in [3.8, 4) is 0 Å². The number of hydrogen-bond acceptors (Lipinski definition) is 3. The molecule has 102 valence electrons. The summed E-state index contributed by atoms with van der Waals surface area (Å²) in [6.07, 6.45) is 2.49. The van der Waals surface area contributed by atoms with Crippen LogP contribution in [0.5, 0.6) is 0 Å². The van der Waals surface area contributed by atoms with Crippen molar-refractivity contribution in [2.24, 2.45) is 5.73 Å². The summed E-state index contributed by atoms with van der Waals surface area (Å²) in [5.74, 6) is 0. The average Bonchev–Trinajstić information content (AvgIpc) is 2.69. The minimum atomic E-state index is -0.149. The number of aryl methyl sites for hydroxylation is 2. The van der Waals surface area contributed by atoms with E-state index in [1.807, 2.05) is 17.7 Å². The molecule has 0 amide bonds. The van der Waals surface area contributed by atoms with Crippen LogP contribution < -0.4 is 5.73 Å². The van der Waals surface area contributed by atoms with E-state index in [0.29, 0.717) is 0 Å². The van der Waals surface area contributed by atoms with E-state index in [1.54, 1.807) is 6.20 Å². The van der Waals surface area contributed by atoms with Crippen molar-refractivity contribution in [1.82, 2.24) is 14.8 Å². The first kappa shape index (κ1) is 14.7. The molecule has 6 heteroatoms. The molecule has 0 saturated carbocycles. The molecule has 1 unspecified atom stereocenters. The molecule has 0 fully saturated rings. The van der Waals surface area contributed by atoms with Gasteiger partial charge in [-0.25, -0.2) is 0 Å². The summed E-state index contributed by atoms with van der Waals surface area (Å²) in [7, 11) is 0. The van der Waals surface area contributed by atoms with Crippen LogP contribution >= 0.6 is 31.9 Å². The van der Waals surface area contributed by atoms with Gasteiger partial charge in [0, 0.05) is 33.8 Å². The highest BCUT2D eigenvalue weighted by molar-refractivity contribution is 9.11. The average molecular weight is 388 g/mol. The van der Waals surface area contributed by atoms with E-state index < -0.39 is 0 Å². The molecule has 0 saturated heterocycles. The molecule has 2 aromatic rings. The summed E-state index contributed by atoms with van der Waals surface area (Å²) in [5.41, 5.74) is 9.29. The summed E-state index contributed by atoms with van der Waals surface area (Å²) in [4.78, 5) is 4.39. The fourth-order valence-electron chi connectivity index (χ4n) is 2.06. The van der Waals surface area contributed by atoms with Gasteiger partial charge in [-0.05, 0) is 57.8 Å². The number of pyridine rings is 1. The Morgan fingerprint density at radius 3 is 2.74 bits per heavy atom. The van der Waals surface area contributed by atoms with Crippen molar-refractivity contribution in [3.63, 3.8) is 0 Å².